The van der Waals surface area contributed by atoms with E-state index in [0.717, 1.165) is 55.4 Å². The molecule has 1 aromatic rings. The van der Waals surface area contributed by atoms with E-state index in [1.165, 1.54) is 6.92 Å². The number of nitrogens with one attached hydrogen (secondary N) is 2. The first-order valence-corrected chi connectivity index (χ1v) is 10.9. The van der Waals surface area contributed by atoms with Gasteiger partial charge in [0.2, 0.25) is 11.8 Å². The third kappa shape index (κ3) is 13.7. The van der Waals surface area contributed by atoms with Gasteiger partial charge in [0.05, 0.1) is 12.4 Å². The summed E-state index contributed by atoms with van der Waals surface area (Å²) in [6, 6.07) is 7.40. The minimum absolute atomic E-state index is 0.0217. The number of ether oxygens (including phenoxy) is 1. The van der Waals surface area contributed by atoms with Gasteiger partial charge in [-0.25, -0.2) is 0 Å². The summed E-state index contributed by atoms with van der Waals surface area (Å²) >= 11 is 1.01. The van der Waals surface area contributed by atoms with Gasteiger partial charge >= 0.3 is 0 Å². The van der Waals surface area contributed by atoms with Crippen LogP contribution in [0.15, 0.2) is 24.3 Å². The molecule has 0 unspecified atom stereocenters. The quantitative estimate of drug-likeness (QED) is 0.448. The van der Waals surface area contributed by atoms with Crippen LogP contribution in [0.2, 0.25) is 0 Å². The van der Waals surface area contributed by atoms with E-state index < -0.39 is 0 Å². The molecule has 0 aliphatic rings. The highest BCUT2D eigenvalue weighted by Gasteiger charge is 2.05. The highest BCUT2D eigenvalue weighted by Crippen LogP contribution is 2.16. The molecule has 0 fully saturated rings. The number of thioether (sulfide) groups is 1. The molecule has 0 radical (unpaired) electrons. The molecule has 2 N–H and O–H groups in total. The molecule has 0 saturated heterocycles. The summed E-state index contributed by atoms with van der Waals surface area (Å²) in [4.78, 5) is 36.4. The lowest BCUT2D eigenvalue weighted by atomic mass is 10.2. The van der Waals surface area contributed by atoms with Gasteiger partial charge < -0.3 is 20.3 Å². The van der Waals surface area contributed by atoms with E-state index in [1.54, 1.807) is 0 Å². The number of anilines is 1. The van der Waals surface area contributed by atoms with Gasteiger partial charge in [-0.3, -0.25) is 14.4 Å². The number of benzene rings is 1. The molecule has 0 saturated carbocycles. The number of unbranched alkanes of at least 4 members (excludes halogenated alkanes) is 2. The number of carbonyl (C=O) groups is 3. The van der Waals surface area contributed by atoms with Gasteiger partial charge in [0.1, 0.15) is 5.75 Å². The van der Waals surface area contributed by atoms with Gasteiger partial charge in [-0.15, -0.1) is 0 Å². The van der Waals surface area contributed by atoms with Crippen molar-refractivity contribution >= 4 is 34.4 Å². The fourth-order valence-corrected chi connectivity index (χ4v) is 2.90. The van der Waals surface area contributed by atoms with E-state index >= 15 is 0 Å². The minimum Gasteiger partial charge on any atom is -0.494 e. The molecule has 1 aromatic carbocycles. The summed E-state index contributed by atoms with van der Waals surface area (Å²) in [5.41, 5.74) is 0.755. The number of amides is 2. The first kappa shape index (κ1) is 25.0. The third-order valence-electron chi connectivity index (χ3n) is 3.97. The fourth-order valence-electron chi connectivity index (χ4n) is 2.46. The highest BCUT2D eigenvalue weighted by atomic mass is 32.2. The molecule has 0 aliphatic carbocycles. The van der Waals surface area contributed by atoms with E-state index in [4.69, 9.17) is 4.74 Å². The van der Waals surface area contributed by atoms with Gasteiger partial charge in [-0.2, -0.15) is 0 Å². The summed E-state index contributed by atoms with van der Waals surface area (Å²) in [7, 11) is 4.07. The van der Waals surface area contributed by atoms with Crippen molar-refractivity contribution in [1.82, 2.24) is 10.2 Å². The van der Waals surface area contributed by atoms with Crippen LogP contribution in [0.3, 0.4) is 0 Å². The first-order valence-electron chi connectivity index (χ1n) is 9.94. The van der Waals surface area contributed by atoms with E-state index in [9.17, 15) is 14.4 Å². The molecule has 0 aromatic heterocycles. The van der Waals surface area contributed by atoms with Crippen LogP contribution >= 0.6 is 11.8 Å². The predicted molar refractivity (Wildman–Crippen MR) is 118 cm³/mol. The van der Waals surface area contributed by atoms with Crippen LogP contribution in [-0.4, -0.2) is 61.4 Å². The fraction of sp³-hybridized carbons (Fsp3) is 0.571. The second-order valence-corrected chi connectivity index (χ2v) is 8.17. The van der Waals surface area contributed by atoms with Crippen LogP contribution in [0.5, 0.6) is 5.75 Å². The van der Waals surface area contributed by atoms with Crippen LogP contribution in [0.1, 0.15) is 39.0 Å². The summed E-state index contributed by atoms with van der Waals surface area (Å²) in [5, 5.41) is 5.59. The first-order chi connectivity index (χ1) is 13.9. The molecule has 1 rings (SSSR count). The second-order valence-electron chi connectivity index (χ2n) is 7.02. The monoisotopic (exact) mass is 423 g/mol. The molecule has 0 aliphatic heterocycles. The maximum absolute atomic E-state index is 12.0. The largest absolute Gasteiger partial charge is 0.494 e. The number of hydrogen-bond donors (Lipinski definition) is 2. The predicted octanol–water partition coefficient (Wildman–Crippen LogP) is 2.91. The average molecular weight is 424 g/mol. The van der Waals surface area contributed by atoms with E-state index in [1.807, 2.05) is 38.4 Å². The Morgan fingerprint density at radius 1 is 1.00 bits per heavy atom. The van der Waals surface area contributed by atoms with Gasteiger partial charge in [-0.05, 0) is 57.6 Å². The summed E-state index contributed by atoms with van der Waals surface area (Å²) in [5.74, 6) is 0.808. The molecule has 8 heteroatoms. The van der Waals surface area contributed by atoms with Crippen molar-refractivity contribution in [3.8, 4) is 5.75 Å². The van der Waals surface area contributed by atoms with Crippen molar-refractivity contribution in [2.24, 2.45) is 0 Å². The van der Waals surface area contributed by atoms with Gasteiger partial charge in [0.25, 0.3) is 0 Å². The average Bonchev–Trinajstić information content (AvgIpc) is 2.67. The highest BCUT2D eigenvalue weighted by molar-refractivity contribution is 8.14. The minimum atomic E-state index is -0.131. The Bertz CT molecular complexity index is 635. The third-order valence-corrected chi connectivity index (χ3v) is 4.78. The van der Waals surface area contributed by atoms with Crippen molar-refractivity contribution < 1.29 is 19.1 Å². The van der Waals surface area contributed by atoms with Crippen molar-refractivity contribution in [2.75, 3.05) is 44.9 Å². The number of carbonyl (C=O) groups excluding carboxylic acids is 3. The summed E-state index contributed by atoms with van der Waals surface area (Å²) in [6.07, 6.45) is 3.83. The molecule has 0 spiro atoms. The number of rotatable bonds is 14. The van der Waals surface area contributed by atoms with Crippen LogP contribution in [0, 0.1) is 0 Å². The van der Waals surface area contributed by atoms with Crippen LogP contribution in [-0.2, 0) is 14.4 Å². The normalized spacial score (nSPS) is 10.6. The zero-order valence-corrected chi connectivity index (χ0v) is 18.5. The van der Waals surface area contributed by atoms with Gasteiger partial charge in [0.15, 0.2) is 5.12 Å². The molecular weight excluding hydrogens is 390 g/mol. The van der Waals surface area contributed by atoms with Crippen LogP contribution in [0.4, 0.5) is 5.69 Å². The van der Waals surface area contributed by atoms with Crippen molar-refractivity contribution in [2.45, 2.75) is 39.0 Å². The Morgan fingerprint density at radius 2 is 1.72 bits per heavy atom. The Hall–Kier alpha value is -2.06. The molecule has 0 atom stereocenters. The lowest BCUT2D eigenvalue weighted by Gasteiger charge is -2.11. The molecule has 0 bridgehead atoms. The Morgan fingerprint density at radius 3 is 2.38 bits per heavy atom. The molecule has 7 nitrogen and oxygen atoms in total. The topological polar surface area (TPSA) is 87.7 Å². The molecule has 162 valence electrons. The second kappa shape index (κ2) is 14.9. The molecule has 0 heterocycles. The number of hydrogen-bond acceptors (Lipinski definition) is 6. The summed E-state index contributed by atoms with van der Waals surface area (Å²) in [6.45, 7) is 3.66. The molecule has 29 heavy (non-hydrogen) atoms. The SMILES string of the molecule is CC(=O)SCC(=O)NCCCCCC(=O)Nc1ccc(OCCCN(C)C)cc1. The Labute approximate surface area is 177 Å². The Kier molecular flexibility index (Phi) is 12.8. The summed E-state index contributed by atoms with van der Waals surface area (Å²) < 4.78 is 5.68. The number of nitrogens with zero attached hydrogens (tertiary/aromatic N) is 1. The van der Waals surface area contributed by atoms with Crippen molar-refractivity contribution in [1.29, 1.82) is 0 Å². The van der Waals surface area contributed by atoms with E-state index in [2.05, 4.69) is 15.5 Å². The standard InChI is InChI=1S/C21H33N3O4S/c1-17(25)29-16-21(27)22-13-6-4-5-8-20(26)23-18-9-11-19(12-10-18)28-15-7-14-24(2)3/h9-12H,4-8,13-16H2,1-3H3,(H,22,27)(H,23,26). The Balaban J connectivity index is 2.11. The van der Waals surface area contributed by atoms with E-state index in [-0.39, 0.29) is 22.7 Å². The van der Waals surface area contributed by atoms with Crippen molar-refractivity contribution in [3.63, 3.8) is 0 Å². The smallest absolute Gasteiger partial charge is 0.230 e. The maximum atomic E-state index is 12.0. The molecular formula is C21H33N3O4S. The maximum Gasteiger partial charge on any atom is 0.230 e. The zero-order chi connectivity index (χ0) is 21.5. The lowest BCUT2D eigenvalue weighted by molar-refractivity contribution is -0.119. The zero-order valence-electron chi connectivity index (χ0n) is 17.7. The van der Waals surface area contributed by atoms with Crippen LogP contribution in [0.25, 0.3) is 0 Å². The van der Waals surface area contributed by atoms with Gasteiger partial charge in [-0.1, -0.05) is 18.2 Å². The van der Waals surface area contributed by atoms with E-state index in [0.29, 0.717) is 19.6 Å². The van der Waals surface area contributed by atoms with Crippen LogP contribution < -0.4 is 15.4 Å². The van der Waals surface area contributed by atoms with Gasteiger partial charge in [0, 0.05) is 32.1 Å². The van der Waals surface area contributed by atoms with Crippen molar-refractivity contribution in [3.05, 3.63) is 24.3 Å². The molecule has 2 amide bonds. The lowest BCUT2D eigenvalue weighted by Crippen LogP contribution is -2.26.